The van der Waals surface area contributed by atoms with Gasteiger partial charge in [0.2, 0.25) is 0 Å². The second-order valence-corrected chi connectivity index (χ2v) is 7.82. The molecule has 0 saturated carbocycles. The van der Waals surface area contributed by atoms with Crippen LogP contribution in [0.5, 0.6) is 5.75 Å². The molecule has 5 aromatic rings. The molecule has 1 aromatic carbocycles. The van der Waals surface area contributed by atoms with Crippen molar-refractivity contribution >= 4 is 22.1 Å². The van der Waals surface area contributed by atoms with Gasteiger partial charge in [-0.2, -0.15) is 5.10 Å². The fourth-order valence-electron chi connectivity index (χ4n) is 4.07. The largest absolute Gasteiger partial charge is 0.495 e. The average molecular weight is 428 g/mol. The summed E-state index contributed by atoms with van der Waals surface area (Å²) in [6, 6.07) is 16.3. The molecule has 0 spiro atoms. The summed E-state index contributed by atoms with van der Waals surface area (Å²) < 4.78 is 7.23. The first-order chi connectivity index (χ1) is 15.7. The van der Waals surface area contributed by atoms with Crippen molar-refractivity contribution in [2.45, 2.75) is 18.9 Å². The highest BCUT2D eigenvalue weighted by Gasteiger charge is 2.19. The van der Waals surface area contributed by atoms with Crippen molar-refractivity contribution in [2.75, 3.05) is 19.0 Å². The van der Waals surface area contributed by atoms with Crippen LogP contribution in [-0.2, 0) is 12.8 Å². The van der Waals surface area contributed by atoms with Gasteiger partial charge in [-0.1, -0.05) is 12.1 Å². The summed E-state index contributed by atoms with van der Waals surface area (Å²) in [7, 11) is 1.64. The number of aliphatic hydroxyl groups excluding tert-OH is 1. The first kappa shape index (κ1) is 20.1. The maximum absolute atomic E-state index is 9.34. The van der Waals surface area contributed by atoms with E-state index in [1.165, 1.54) is 5.56 Å². The maximum Gasteiger partial charge on any atom is 0.139 e. The van der Waals surface area contributed by atoms with Crippen molar-refractivity contribution in [3.8, 4) is 5.75 Å². The number of aliphatic hydroxyl groups is 1. The number of fused-ring (bicyclic) bond motifs is 2. The third-order valence-electron chi connectivity index (χ3n) is 5.69. The number of rotatable bonds is 8. The van der Waals surface area contributed by atoms with E-state index in [4.69, 9.17) is 9.84 Å². The number of anilines is 1. The lowest BCUT2D eigenvalue weighted by Gasteiger charge is -2.18. The Bertz CT molecular complexity index is 1320. The first-order valence-electron chi connectivity index (χ1n) is 10.6. The molecule has 4 aromatic heterocycles. The highest BCUT2D eigenvalue weighted by atomic mass is 16.5. The number of hydrogen-bond acceptors (Lipinski definition) is 5. The van der Waals surface area contributed by atoms with E-state index in [1.54, 1.807) is 19.5 Å². The Morgan fingerprint density at radius 1 is 1.16 bits per heavy atom. The van der Waals surface area contributed by atoms with E-state index in [9.17, 15) is 5.11 Å². The quantitative estimate of drug-likeness (QED) is 0.346. The smallest absolute Gasteiger partial charge is 0.139 e. The molecule has 4 heterocycles. The molecule has 0 amide bonds. The number of ether oxygens (including phenoxy) is 1. The van der Waals surface area contributed by atoms with Crippen LogP contribution in [0.4, 0.5) is 5.69 Å². The third kappa shape index (κ3) is 4.02. The van der Waals surface area contributed by atoms with Gasteiger partial charge < -0.3 is 20.1 Å². The van der Waals surface area contributed by atoms with Crippen LogP contribution in [0.2, 0.25) is 0 Å². The summed E-state index contributed by atoms with van der Waals surface area (Å²) in [5.74, 6) is 0.699. The van der Waals surface area contributed by atoms with Gasteiger partial charge in [0, 0.05) is 42.4 Å². The number of benzene rings is 1. The number of methoxy groups -OCH3 is 1. The van der Waals surface area contributed by atoms with E-state index >= 15 is 0 Å². The zero-order valence-electron chi connectivity index (χ0n) is 17.8. The molecule has 0 aliphatic heterocycles. The molecular formula is C25H25N5O2. The summed E-state index contributed by atoms with van der Waals surface area (Å²) in [6.07, 6.45) is 8.86. The minimum atomic E-state index is -0.0793. The Hall–Kier alpha value is -3.84. The standard InChI is InChI=1S/C25H25N5O2/c1-32-21-12-19(15-26-16-21)28-24(25-13-20-4-2-3-8-30(20)29-25)11-18-14-27-23-6-5-17(7-9-31)10-22(18)23/h2-6,8,10,12-16,24,27-28,31H,7,9,11H2,1H3. The fraction of sp³-hybridized carbons (Fsp3) is 0.200. The number of nitrogens with one attached hydrogen (secondary N) is 2. The molecule has 0 radical (unpaired) electrons. The summed E-state index contributed by atoms with van der Waals surface area (Å²) in [6.45, 7) is 0.138. The number of H-pyrrole nitrogens is 1. The summed E-state index contributed by atoms with van der Waals surface area (Å²) in [5, 5.41) is 18.9. The van der Waals surface area contributed by atoms with Crippen molar-refractivity contribution in [2.24, 2.45) is 0 Å². The molecule has 3 N–H and O–H groups in total. The van der Waals surface area contributed by atoms with Gasteiger partial charge >= 0.3 is 0 Å². The Morgan fingerprint density at radius 2 is 2.09 bits per heavy atom. The summed E-state index contributed by atoms with van der Waals surface area (Å²) in [5.41, 5.74) is 6.24. The molecule has 32 heavy (non-hydrogen) atoms. The lowest BCUT2D eigenvalue weighted by Crippen LogP contribution is -2.14. The Kier molecular flexibility index (Phi) is 5.47. The minimum Gasteiger partial charge on any atom is -0.495 e. The number of nitrogens with zero attached hydrogens (tertiary/aromatic N) is 3. The summed E-state index contributed by atoms with van der Waals surface area (Å²) >= 11 is 0. The molecule has 0 bridgehead atoms. The van der Waals surface area contributed by atoms with Gasteiger partial charge in [0.1, 0.15) is 5.75 Å². The molecule has 0 aliphatic rings. The van der Waals surface area contributed by atoms with Crippen LogP contribution >= 0.6 is 0 Å². The molecular weight excluding hydrogens is 402 g/mol. The fourth-order valence-corrected chi connectivity index (χ4v) is 4.07. The van der Waals surface area contributed by atoms with Crippen molar-refractivity contribution in [1.29, 1.82) is 0 Å². The van der Waals surface area contributed by atoms with Crippen molar-refractivity contribution < 1.29 is 9.84 Å². The van der Waals surface area contributed by atoms with Crippen LogP contribution in [0.25, 0.3) is 16.4 Å². The number of pyridine rings is 2. The molecule has 0 aliphatic carbocycles. The van der Waals surface area contributed by atoms with E-state index in [2.05, 4.69) is 45.7 Å². The molecule has 7 nitrogen and oxygen atoms in total. The number of hydrogen-bond donors (Lipinski definition) is 3. The van der Waals surface area contributed by atoms with Gasteiger partial charge in [-0.05, 0) is 47.9 Å². The van der Waals surface area contributed by atoms with E-state index in [-0.39, 0.29) is 12.6 Å². The van der Waals surface area contributed by atoms with Crippen LogP contribution in [0.1, 0.15) is 22.9 Å². The van der Waals surface area contributed by atoms with Gasteiger partial charge in [-0.15, -0.1) is 0 Å². The van der Waals surface area contributed by atoms with Gasteiger partial charge in [-0.25, -0.2) is 4.52 Å². The molecule has 0 saturated heterocycles. The van der Waals surface area contributed by atoms with Crippen LogP contribution < -0.4 is 10.1 Å². The van der Waals surface area contributed by atoms with Gasteiger partial charge in [0.05, 0.1) is 42.4 Å². The predicted molar refractivity (Wildman–Crippen MR) is 125 cm³/mol. The molecule has 5 rings (SSSR count). The van der Waals surface area contributed by atoms with E-state index in [0.717, 1.165) is 39.8 Å². The molecule has 162 valence electrons. The minimum absolute atomic E-state index is 0.0793. The van der Waals surface area contributed by atoms with E-state index in [0.29, 0.717) is 12.2 Å². The van der Waals surface area contributed by atoms with Gasteiger partial charge in [0.15, 0.2) is 0 Å². The first-order valence-corrected chi connectivity index (χ1v) is 10.6. The molecule has 0 fully saturated rings. The number of aromatic amines is 1. The highest BCUT2D eigenvalue weighted by molar-refractivity contribution is 5.84. The zero-order chi connectivity index (χ0) is 21.9. The average Bonchev–Trinajstić information content (AvgIpc) is 3.43. The van der Waals surface area contributed by atoms with Crippen LogP contribution in [0, 0.1) is 0 Å². The maximum atomic E-state index is 9.34. The molecule has 1 atom stereocenters. The SMILES string of the molecule is COc1cncc(NC(Cc2c[nH]c3ccc(CCO)cc23)c2cc3ccccn3n2)c1. The predicted octanol–water partition coefficient (Wildman–Crippen LogP) is 4.15. The summed E-state index contributed by atoms with van der Waals surface area (Å²) in [4.78, 5) is 7.66. The highest BCUT2D eigenvalue weighted by Crippen LogP contribution is 2.29. The second kappa shape index (κ2) is 8.72. The Morgan fingerprint density at radius 3 is 2.94 bits per heavy atom. The van der Waals surface area contributed by atoms with Crippen LogP contribution in [0.3, 0.4) is 0 Å². The van der Waals surface area contributed by atoms with Gasteiger partial charge in [0.25, 0.3) is 0 Å². The topological polar surface area (TPSA) is 87.5 Å². The van der Waals surface area contributed by atoms with E-state index in [1.807, 2.05) is 35.0 Å². The van der Waals surface area contributed by atoms with Crippen molar-refractivity contribution in [3.63, 3.8) is 0 Å². The van der Waals surface area contributed by atoms with E-state index < -0.39 is 0 Å². The third-order valence-corrected chi connectivity index (χ3v) is 5.69. The van der Waals surface area contributed by atoms with Gasteiger partial charge in [-0.3, -0.25) is 4.98 Å². The van der Waals surface area contributed by atoms with Crippen molar-refractivity contribution in [1.82, 2.24) is 19.6 Å². The zero-order valence-corrected chi connectivity index (χ0v) is 17.8. The monoisotopic (exact) mass is 427 g/mol. The lowest BCUT2D eigenvalue weighted by atomic mass is 10.0. The lowest BCUT2D eigenvalue weighted by molar-refractivity contribution is 0.299. The molecule has 7 heteroatoms. The molecule has 1 unspecified atom stereocenters. The van der Waals surface area contributed by atoms with Crippen LogP contribution in [0.15, 0.2) is 73.3 Å². The number of aromatic nitrogens is 4. The Balaban J connectivity index is 1.53. The normalized spacial score (nSPS) is 12.3. The second-order valence-electron chi connectivity index (χ2n) is 7.82. The Labute approximate surface area is 185 Å². The van der Waals surface area contributed by atoms with Crippen molar-refractivity contribution in [3.05, 3.63) is 90.1 Å². The van der Waals surface area contributed by atoms with Crippen LogP contribution in [-0.4, -0.2) is 38.4 Å².